The fourth-order valence-corrected chi connectivity index (χ4v) is 7.03. The molecule has 6 rings (SSSR count). The Bertz CT molecular complexity index is 1480. The fraction of sp³-hybridized carbons (Fsp3) is 0.531. The Balaban J connectivity index is 1.10. The minimum atomic E-state index is -0.804. The van der Waals surface area contributed by atoms with Gasteiger partial charge in [0.15, 0.2) is 5.65 Å². The molecule has 3 aliphatic rings. The number of hydrogen-bond acceptors (Lipinski definition) is 6. The van der Waals surface area contributed by atoms with E-state index in [1.807, 2.05) is 18.0 Å². The molecule has 0 spiro atoms. The number of pyridine rings is 1. The van der Waals surface area contributed by atoms with Crippen molar-refractivity contribution in [1.29, 1.82) is 0 Å². The lowest BCUT2D eigenvalue weighted by molar-refractivity contribution is -0.141. The average Bonchev–Trinajstić information content (AvgIpc) is 3.72. The zero-order valence-electron chi connectivity index (χ0n) is 24.5. The number of nitrogens with zero attached hydrogens (tertiary/aromatic N) is 6. The van der Waals surface area contributed by atoms with Crippen LogP contribution in [0, 0.1) is 18.8 Å². The summed E-state index contributed by atoms with van der Waals surface area (Å²) in [5.41, 5.74) is 4.18. The number of carboxylic acid groups (broad SMARTS) is 1. The zero-order chi connectivity index (χ0) is 29.4. The topological polar surface area (TPSA) is 111 Å². The maximum atomic E-state index is 13.5. The number of aliphatic carboxylic acids is 1. The molecule has 42 heavy (non-hydrogen) atoms. The molecule has 0 unspecified atom stereocenters. The van der Waals surface area contributed by atoms with Gasteiger partial charge in [-0.25, -0.2) is 9.50 Å². The van der Waals surface area contributed by atoms with Crippen molar-refractivity contribution in [3.05, 3.63) is 59.5 Å². The molecule has 0 bridgehead atoms. The summed E-state index contributed by atoms with van der Waals surface area (Å²) in [4.78, 5) is 48.6. The number of carboxylic acids is 1. The summed E-state index contributed by atoms with van der Waals surface area (Å²) in [6, 6.07) is 12.8. The first-order chi connectivity index (χ1) is 20.2. The molecule has 0 radical (unpaired) electrons. The second kappa shape index (κ2) is 11.4. The Kier molecular flexibility index (Phi) is 7.64. The van der Waals surface area contributed by atoms with E-state index >= 15 is 0 Å². The molecule has 2 saturated heterocycles. The zero-order valence-corrected chi connectivity index (χ0v) is 24.5. The molecule has 222 valence electrons. The van der Waals surface area contributed by atoms with Gasteiger partial charge in [-0.2, -0.15) is 0 Å². The van der Waals surface area contributed by atoms with E-state index in [9.17, 15) is 19.5 Å². The molecule has 1 aromatic carbocycles. The summed E-state index contributed by atoms with van der Waals surface area (Å²) in [5, 5.41) is 13.9. The Hall–Kier alpha value is -3.95. The molecule has 1 saturated carbocycles. The number of aryl methyl sites for hydroxylation is 1. The van der Waals surface area contributed by atoms with Crippen LogP contribution in [0.4, 0.5) is 5.69 Å². The lowest BCUT2D eigenvalue weighted by Crippen LogP contribution is -2.43. The van der Waals surface area contributed by atoms with Gasteiger partial charge in [0.2, 0.25) is 11.7 Å². The van der Waals surface area contributed by atoms with Crippen molar-refractivity contribution in [2.24, 2.45) is 11.8 Å². The first kappa shape index (κ1) is 28.2. The third-order valence-corrected chi connectivity index (χ3v) is 9.55. The molecule has 2 amide bonds. The molecule has 3 fully saturated rings. The lowest BCUT2D eigenvalue weighted by Gasteiger charge is -2.31. The molecular formula is C32H40N6O4. The lowest BCUT2D eigenvalue weighted by atomic mass is 9.82. The van der Waals surface area contributed by atoms with Crippen molar-refractivity contribution in [2.45, 2.75) is 57.8 Å². The molecular weight excluding hydrogens is 532 g/mol. The van der Waals surface area contributed by atoms with Gasteiger partial charge in [-0.05, 0) is 62.6 Å². The minimum Gasteiger partial charge on any atom is -0.481 e. The largest absolute Gasteiger partial charge is 0.481 e. The molecule has 3 aromatic rings. The fourth-order valence-electron chi connectivity index (χ4n) is 7.03. The summed E-state index contributed by atoms with van der Waals surface area (Å²) in [5.74, 6) is -1.34. The minimum absolute atomic E-state index is 0.0638. The van der Waals surface area contributed by atoms with Gasteiger partial charge in [0.1, 0.15) is 0 Å². The van der Waals surface area contributed by atoms with E-state index in [2.05, 4.69) is 58.3 Å². The Morgan fingerprint density at radius 2 is 1.64 bits per heavy atom. The number of aromatic nitrogens is 3. The molecule has 4 heterocycles. The van der Waals surface area contributed by atoms with Crippen LogP contribution in [0.2, 0.25) is 0 Å². The first-order valence-electron chi connectivity index (χ1n) is 15.2. The number of amides is 2. The molecule has 2 aliphatic heterocycles. The van der Waals surface area contributed by atoms with Gasteiger partial charge in [-0.3, -0.25) is 14.4 Å². The number of carbonyl (C=O) groups is 3. The van der Waals surface area contributed by atoms with E-state index in [-0.39, 0.29) is 29.0 Å². The SMILES string of the molecule is Cc1cc(N2CC[C@](C)(c3ccccc3)C2)cn2nc(C(=O)N3CCCN(C(=O)[C@@H]4CC[C@H](C(=O)O)C4)CCC3)nc12. The van der Waals surface area contributed by atoms with Crippen LogP contribution in [-0.4, -0.2) is 86.6 Å². The molecule has 2 aromatic heterocycles. The Labute approximate surface area is 246 Å². The van der Waals surface area contributed by atoms with Crippen molar-refractivity contribution < 1.29 is 19.5 Å². The summed E-state index contributed by atoms with van der Waals surface area (Å²) < 4.78 is 1.74. The molecule has 1 aliphatic carbocycles. The number of fused-ring (bicyclic) bond motifs is 1. The summed E-state index contributed by atoms with van der Waals surface area (Å²) in [7, 11) is 0. The van der Waals surface area contributed by atoms with Crippen molar-refractivity contribution in [2.75, 3.05) is 44.2 Å². The molecule has 3 atom stereocenters. The van der Waals surface area contributed by atoms with Crippen molar-refractivity contribution in [3.8, 4) is 0 Å². The van der Waals surface area contributed by atoms with Crippen molar-refractivity contribution in [3.63, 3.8) is 0 Å². The van der Waals surface area contributed by atoms with Crippen LogP contribution in [0.5, 0.6) is 0 Å². The van der Waals surface area contributed by atoms with E-state index in [4.69, 9.17) is 0 Å². The highest BCUT2D eigenvalue weighted by Crippen LogP contribution is 2.37. The van der Waals surface area contributed by atoms with Gasteiger partial charge in [-0.15, -0.1) is 5.10 Å². The van der Waals surface area contributed by atoms with Crippen LogP contribution in [0.15, 0.2) is 42.6 Å². The maximum absolute atomic E-state index is 13.5. The maximum Gasteiger partial charge on any atom is 0.306 e. The van der Waals surface area contributed by atoms with Crippen molar-refractivity contribution in [1.82, 2.24) is 24.4 Å². The van der Waals surface area contributed by atoms with Gasteiger partial charge >= 0.3 is 5.97 Å². The van der Waals surface area contributed by atoms with E-state index in [1.54, 1.807) is 9.42 Å². The van der Waals surface area contributed by atoms with Gasteiger partial charge < -0.3 is 19.8 Å². The van der Waals surface area contributed by atoms with E-state index < -0.39 is 11.9 Å². The molecule has 10 nitrogen and oxygen atoms in total. The van der Waals surface area contributed by atoms with Gasteiger partial charge in [0.05, 0.1) is 17.8 Å². The third kappa shape index (κ3) is 5.46. The Morgan fingerprint density at radius 1 is 0.952 bits per heavy atom. The number of carbonyl (C=O) groups excluding carboxylic acids is 2. The summed E-state index contributed by atoms with van der Waals surface area (Å²) in [6.45, 7) is 8.38. The number of rotatable bonds is 5. The highest BCUT2D eigenvalue weighted by molar-refractivity contribution is 5.91. The first-order valence-corrected chi connectivity index (χ1v) is 15.2. The van der Waals surface area contributed by atoms with Crippen LogP contribution < -0.4 is 4.90 Å². The summed E-state index contributed by atoms with van der Waals surface area (Å²) >= 11 is 0. The monoisotopic (exact) mass is 572 g/mol. The van der Waals surface area contributed by atoms with Crippen LogP contribution in [0.25, 0.3) is 5.65 Å². The van der Waals surface area contributed by atoms with Gasteiger partial charge in [0, 0.05) is 50.6 Å². The second-order valence-corrected chi connectivity index (χ2v) is 12.6. The standard InChI is InChI=1S/C32H40N6O4/c1-22-18-26(37-17-12-32(2,21-37)25-8-4-3-5-9-25)20-38-28(22)33-27(34-38)30(40)36-15-6-13-35(14-7-16-36)29(39)23-10-11-24(19-23)31(41)42/h3-5,8-9,18,20,23-24H,6-7,10-17,19,21H2,1-2H3,(H,41,42)/t23-,24+,32+/m1/s1. The van der Waals surface area contributed by atoms with Gasteiger partial charge in [-0.1, -0.05) is 37.3 Å². The summed E-state index contributed by atoms with van der Waals surface area (Å²) in [6.07, 6.45) is 6.02. The van der Waals surface area contributed by atoms with Crippen LogP contribution in [0.1, 0.15) is 67.2 Å². The normalized spacial score (nSPS) is 25.0. The van der Waals surface area contributed by atoms with E-state index in [0.717, 1.165) is 30.8 Å². The highest BCUT2D eigenvalue weighted by atomic mass is 16.4. The number of benzene rings is 1. The Morgan fingerprint density at radius 3 is 2.33 bits per heavy atom. The van der Waals surface area contributed by atoms with Crippen LogP contribution in [0.3, 0.4) is 0 Å². The highest BCUT2D eigenvalue weighted by Gasteiger charge is 2.37. The molecule has 10 heteroatoms. The van der Waals surface area contributed by atoms with Crippen LogP contribution in [-0.2, 0) is 15.0 Å². The average molecular weight is 573 g/mol. The quantitative estimate of drug-likeness (QED) is 0.496. The van der Waals surface area contributed by atoms with Crippen molar-refractivity contribution >= 4 is 29.1 Å². The van der Waals surface area contributed by atoms with Crippen LogP contribution >= 0.6 is 0 Å². The molecule has 1 N–H and O–H groups in total. The van der Waals surface area contributed by atoms with E-state index in [0.29, 0.717) is 63.9 Å². The predicted octanol–water partition coefficient (Wildman–Crippen LogP) is 3.77. The smallest absolute Gasteiger partial charge is 0.306 e. The third-order valence-electron chi connectivity index (χ3n) is 9.55. The number of hydrogen-bond donors (Lipinski definition) is 1. The van der Waals surface area contributed by atoms with Gasteiger partial charge in [0.25, 0.3) is 5.91 Å². The predicted molar refractivity (Wildman–Crippen MR) is 159 cm³/mol. The van der Waals surface area contributed by atoms with E-state index in [1.165, 1.54) is 5.56 Å². The number of anilines is 1. The second-order valence-electron chi connectivity index (χ2n) is 12.6.